The Morgan fingerprint density at radius 3 is 2.38 bits per heavy atom. The summed E-state index contributed by atoms with van der Waals surface area (Å²) in [6, 6.07) is 6.39. The first-order valence-corrected chi connectivity index (χ1v) is 6.72. The van der Waals surface area contributed by atoms with Gasteiger partial charge in [0.1, 0.15) is 0 Å². The van der Waals surface area contributed by atoms with Gasteiger partial charge in [0.2, 0.25) is 5.91 Å². The number of aliphatic carboxylic acids is 1. The Kier molecular flexibility index (Phi) is 4.26. The maximum atomic E-state index is 11.8. The van der Waals surface area contributed by atoms with Crippen LogP contribution in [0.3, 0.4) is 0 Å². The molecule has 1 aromatic rings. The number of carboxylic acid groups (broad SMARTS) is 1. The number of rotatable bonds is 4. The van der Waals surface area contributed by atoms with E-state index in [0.717, 1.165) is 0 Å². The van der Waals surface area contributed by atoms with Gasteiger partial charge in [-0.05, 0) is 38.1 Å². The van der Waals surface area contributed by atoms with Crippen LogP contribution in [0.1, 0.15) is 30.6 Å². The van der Waals surface area contributed by atoms with Crippen LogP contribution in [0.5, 0.6) is 0 Å². The van der Waals surface area contributed by atoms with E-state index in [1.165, 1.54) is 4.90 Å². The lowest BCUT2D eigenvalue weighted by Gasteiger charge is -2.16. The van der Waals surface area contributed by atoms with E-state index in [1.54, 1.807) is 38.1 Å². The second kappa shape index (κ2) is 5.95. The van der Waals surface area contributed by atoms with E-state index in [4.69, 9.17) is 9.84 Å². The summed E-state index contributed by atoms with van der Waals surface area (Å²) in [7, 11) is 0. The Balaban J connectivity index is 2.11. The van der Waals surface area contributed by atoms with E-state index in [2.05, 4.69) is 0 Å². The molecule has 1 atom stereocenters. The van der Waals surface area contributed by atoms with Crippen LogP contribution in [0.4, 0.5) is 5.69 Å². The number of hydrogen-bond acceptors (Lipinski definition) is 4. The minimum atomic E-state index is -0.969. The highest BCUT2D eigenvalue weighted by Gasteiger charge is 2.35. The highest BCUT2D eigenvalue weighted by atomic mass is 16.5. The van der Waals surface area contributed by atoms with Gasteiger partial charge in [-0.2, -0.15) is 0 Å². The van der Waals surface area contributed by atoms with Crippen molar-refractivity contribution in [2.24, 2.45) is 5.92 Å². The molecule has 2 rings (SSSR count). The van der Waals surface area contributed by atoms with E-state index in [-0.39, 0.29) is 25.0 Å². The molecule has 0 saturated carbocycles. The fraction of sp³-hybridized carbons (Fsp3) is 0.400. The highest BCUT2D eigenvalue weighted by Crippen LogP contribution is 2.25. The molecular formula is C15H17NO5. The van der Waals surface area contributed by atoms with Crippen molar-refractivity contribution in [1.29, 1.82) is 0 Å². The average Bonchev–Trinajstić information content (AvgIpc) is 2.80. The second-order valence-electron chi connectivity index (χ2n) is 5.24. The Hall–Kier alpha value is -2.37. The predicted octanol–water partition coefficient (Wildman–Crippen LogP) is 1.69. The highest BCUT2D eigenvalue weighted by molar-refractivity contribution is 5.99. The van der Waals surface area contributed by atoms with Gasteiger partial charge in [-0.15, -0.1) is 0 Å². The molecule has 1 aliphatic heterocycles. The van der Waals surface area contributed by atoms with Crippen LogP contribution in [0.25, 0.3) is 0 Å². The molecule has 1 heterocycles. The molecule has 1 N–H and O–H groups in total. The van der Waals surface area contributed by atoms with Gasteiger partial charge >= 0.3 is 11.9 Å². The number of benzene rings is 1. The maximum absolute atomic E-state index is 11.8. The normalized spacial score (nSPS) is 18.1. The van der Waals surface area contributed by atoms with Gasteiger partial charge in [0.05, 0.1) is 17.6 Å². The first kappa shape index (κ1) is 15.0. The summed E-state index contributed by atoms with van der Waals surface area (Å²) >= 11 is 0. The van der Waals surface area contributed by atoms with Crippen molar-refractivity contribution in [2.45, 2.75) is 26.4 Å². The molecule has 6 nitrogen and oxygen atoms in total. The van der Waals surface area contributed by atoms with Crippen molar-refractivity contribution < 1.29 is 24.2 Å². The molecule has 1 fully saturated rings. The number of ether oxygens (including phenoxy) is 1. The number of nitrogens with zero attached hydrogens (tertiary/aromatic N) is 1. The third-order valence-corrected chi connectivity index (χ3v) is 3.23. The molecule has 21 heavy (non-hydrogen) atoms. The summed E-state index contributed by atoms with van der Waals surface area (Å²) in [4.78, 5) is 35.9. The van der Waals surface area contributed by atoms with Crippen molar-refractivity contribution in [3.63, 3.8) is 0 Å². The molecule has 1 aromatic carbocycles. The Labute approximate surface area is 122 Å². The van der Waals surface area contributed by atoms with Crippen LogP contribution >= 0.6 is 0 Å². The van der Waals surface area contributed by atoms with E-state index < -0.39 is 17.9 Å². The lowest BCUT2D eigenvalue weighted by molar-refractivity contribution is -0.141. The number of carbonyl (C=O) groups excluding carboxylic acids is 2. The zero-order valence-electron chi connectivity index (χ0n) is 11.9. The molecule has 1 aliphatic rings. The predicted molar refractivity (Wildman–Crippen MR) is 75.1 cm³/mol. The van der Waals surface area contributed by atoms with Gasteiger partial charge in [0.15, 0.2) is 0 Å². The topological polar surface area (TPSA) is 83.9 Å². The molecule has 6 heteroatoms. The van der Waals surface area contributed by atoms with Crippen LogP contribution in [0, 0.1) is 5.92 Å². The molecule has 0 aliphatic carbocycles. The number of hydrogen-bond donors (Lipinski definition) is 1. The summed E-state index contributed by atoms with van der Waals surface area (Å²) in [6.45, 7) is 3.69. The quantitative estimate of drug-likeness (QED) is 0.853. The molecule has 1 amide bonds. The molecule has 0 radical (unpaired) electrons. The van der Waals surface area contributed by atoms with Crippen molar-refractivity contribution in [3.8, 4) is 0 Å². The first-order valence-electron chi connectivity index (χ1n) is 6.72. The minimum Gasteiger partial charge on any atom is -0.481 e. The molecule has 1 unspecified atom stereocenters. The van der Waals surface area contributed by atoms with E-state index in [0.29, 0.717) is 11.3 Å². The van der Waals surface area contributed by atoms with Gasteiger partial charge in [0.25, 0.3) is 0 Å². The average molecular weight is 291 g/mol. The standard InChI is InChI=1S/C15H17NO5/c1-9(2)21-15(20)10-3-5-12(6-4-10)16-8-11(14(18)19)7-13(16)17/h3-6,9,11H,7-8H2,1-2H3,(H,18,19). The zero-order chi connectivity index (χ0) is 15.6. The number of esters is 1. The van der Waals surface area contributed by atoms with E-state index >= 15 is 0 Å². The fourth-order valence-electron chi connectivity index (χ4n) is 2.18. The first-order chi connectivity index (χ1) is 9.88. The van der Waals surface area contributed by atoms with Crippen molar-refractivity contribution in [2.75, 3.05) is 11.4 Å². The van der Waals surface area contributed by atoms with Crippen LogP contribution in [-0.4, -0.2) is 35.6 Å². The minimum absolute atomic E-state index is 0.00642. The van der Waals surface area contributed by atoms with Crippen molar-refractivity contribution in [1.82, 2.24) is 0 Å². The van der Waals surface area contributed by atoms with Crippen molar-refractivity contribution in [3.05, 3.63) is 29.8 Å². The Morgan fingerprint density at radius 2 is 1.90 bits per heavy atom. The number of anilines is 1. The van der Waals surface area contributed by atoms with Gasteiger partial charge in [-0.25, -0.2) is 4.79 Å². The summed E-state index contributed by atoms with van der Waals surface area (Å²) < 4.78 is 5.07. The van der Waals surface area contributed by atoms with E-state index in [9.17, 15) is 14.4 Å². The Bertz CT molecular complexity index is 564. The third kappa shape index (κ3) is 3.39. The van der Waals surface area contributed by atoms with Gasteiger partial charge in [0, 0.05) is 18.7 Å². The second-order valence-corrected chi connectivity index (χ2v) is 5.24. The third-order valence-electron chi connectivity index (χ3n) is 3.23. The monoisotopic (exact) mass is 291 g/mol. The van der Waals surface area contributed by atoms with Gasteiger partial charge in [-0.3, -0.25) is 9.59 Å². The van der Waals surface area contributed by atoms with Crippen LogP contribution in [-0.2, 0) is 14.3 Å². The lowest BCUT2D eigenvalue weighted by Crippen LogP contribution is -2.25. The van der Waals surface area contributed by atoms with Crippen LogP contribution < -0.4 is 4.90 Å². The fourth-order valence-corrected chi connectivity index (χ4v) is 2.18. The zero-order valence-corrected chi connectivity index (χ0v) is 11.9. The molecule has 112 valence electrons. The smallest absolute Gasteiger partial charge is 0.338 e. The lowest BCUT2D eigenvalue weighted by atomic mass is 10.1. The number of amides is 1. The molecule has 0 bridgehead atoms. The van der Waals surface area contributed by atoms with Gasteiger partial charge in [-0.1, -0.05) is 0 Å². The summed E-state index contributed by atoms with van der Waals surface area (Å²) in [5.41, 5.74) is 0.985. The molecule has 1 saturated heterocycles. The van der Waals surface area contributed by atoms with Crippen LogP contribution in [0.15, 0.2) is 24.3 Å². The molecule has 0 spiro atoms. The van der Waals surface area contributed by atoms with Gasteiger partial charge < -0.3 is 14.7 Å². The largest absolute Gasteiger partial charge is 0.481 e. The van der Waals surface area contributed by atoms with Crippen LogP contribution in [0.2, 0.25) is 0 Å². The SMILES string of the molecule is CC(C)OC(=O)c1ccc(N2CC(C(=O)O)CC2=O)cc1. The van der Waals surface area contributed by atoms with Crippen molar-refractivity contribution >= 4 is 23.5 Å². The Morgan fingerprint density at radius 1 is 1.29 bits per heavy atom. The summed E-state index contributed by atoms with van der Waals surface area (Å²) in [5.74, 6) is -2.29. The summed E-state index contributed by atoms with van der Waals surface area (Å²) in [6.07, 6.45) is -0.194. The summed E-state index contributed by atoms with van der Waals surface area (Å²) in [5, 5.41) is 8.96. The molecule has 0 aromatic heterocycles. The number of carboxylic acids is 1. The van der Waals surface area contributed by atoms with E-state index in [1.807, 2.05) is 0 Å². The number of carbonyl (C=O) groups is 3. The maximum Gasteiger partial charge on any atom is 0.338 e. The molecular weight excluding hydrogens is 274 g/mol.